The second kappa shape index (κ2) is 4.93. The molecule has 2 aliphatic rings. The lowest BCUT2D eigenvalue weighted by molar-refractivity contribution is -0.385. The molecule has 3 rings (SSSR count). The zero-order valence-electron chi connectivity index (χ0n) is 10.9. The van der Waals surface area contributed by atoms with E-state index in [9.17, 15) is 14.9 Å². The van der Waals surface area contributed by atoms with E-state index >= 15 is 0 Å². The normalized spacial score (nSPS) is 18.9. The average molecular weight is 294 g/mol. The van der Waals surface area contributed by atoms with Gasteiger partial charge in [0.15, 0.2) is 11.5 Å². The van der Waals surface area contributed by atoms with E-state index in [0.717, 1.165) is 0 Å². The second-order valence-electron chi connectivity index (χ2n) is 4.34. The van der Waals surface area contributed by atoms with E-state index in [4.69, 9.17) is 14.3 Å². The molecule has 0 aliphatic carbocycles. The Morgan fingerprint density at radius 1 is 1.43 bits per heavy atom. The molecule has 0 aromatic heterocycles. The van der Waals surface area contributed by atoms with Gasteiger partial charge in [-0.1, -0.05) is 5.16 Å². The van der Waals surface area contributed by atoms with Gasteiger partial charge < -0.3 is 19.0 Å². The molecule has 2 heterocycles. The highest BCUT2D eigenvalue weighted by Crippen LogP contribution is 2.39. The third-order valence-electron chi connectivity index (χ3n) is 3.13. The van der Waals surface area contributed by atoms with Gasteiger partial charge in [-0.3, -0.25) is 10.1 Å². The van der Waals surface area contributed by atoms with Crippen molar-refractivity contribution in [1.29, 1.82) is 0 Å². The summed E-state index contributed by atoms with van der Waals surface area (Å²) < 4.78 is 14.9. The maximum Gasteiger partial charge on any atom is 0.350 e. The van der Waals surface area contributed by atoms with Crippen LogP contribution in [-0.4, -0.2) is 36.6 Å². The van der Waals surface area contributed by atoms with Crippen molar-refractivity contribution < 1.29 is 28.8 Å². The lowest BCUT2D eigenvalue weighted by Gasteiger charge is -2.05. The number of ether oxygens (including phenoxy) is 3. The fourth-order valence-corrected chi connectivity index (χ4v) is 2.11. The van der Waals surface area contributed by atoms with Crippen molar-refractivity contribution in [3.63, 3.8) is 0 Å². The van der Waals surface area contributed by atoms with Crippen LogP contribution in [0.15, 0.2) is 17.3 Å². The molecule has 0 amide bonds. The summed E-state index contributed by atoms with van der Waals surface area (Å²) in [7, 11) is 1.23. The molecule has 9 heteroatoms. The number of fused-ring (bicyclic) bond motifs is 1. The number of benzene rings is 1. The van der Waals surface area contributed by atoms with E-state index in [0.29, 0.717) is 11.5 Å². The van der Waals surface area contributed by atoms with Crippen molar-refractivity contribution >= 4 is 17.4 Å². The molecule has 0 saturated carbocycles. The number of methoxy groups -OCH3 is 1. The van der Waals surface area contributed by atoms with Crippen molar-refractivity contribution in [2.24, 2.45) is 5.16 Å². The first kappa shape index (κ1) is 13.2. The monoisotopic (exact) mass is 294 g/mol. The minimum atomic E-state index is -0.893. The molecule has 9 nitrogen and oxygen atoms in total. The average Bonchev–Trinajstić information content (AvgIpc) is 3.13. The number of rotatable bonds is 3. The number of nitrogens with zero attached hydrogens (tertiary/aromatic N) is 2. The molecular weight excluding hydrogens is 284 g/mol. The number of esters is 1. The Hall–Kier alpha value is -2.84. The Balaban J connectivity index is 1.95. The number of nitro groups is 1. The summed E-state index contributed by atoms with van der Waals surface area (Å²) in [6.45, 7) is 0.00367. The Labute approximate surface area is 118 Å². The van der Waals surface area contributed by atoms with Crippen molar-refractivity contribution in [2.75, 3.05) is 13.9 Å². The van der Waals surface area contributed by atoms with Crippen LogP contribution < -0.4 is 9.47 Å². The van der Waals surface area contributed by atoms with Crippen LogP contribution in [0.3, 0.4) is 0 Å². The third kappa shape index (κ3) is 2.22. The predicted octanol–water partition coefficient (Wildman–Crippen LogP) is 0.989. The minimum Gasteiger partial charge on any atom is -0.466 e. The largest absolute Gasteiger partial charge is 0.466 e. The van der Waals surface area contributed by atoms with Gasteiger partial charge in [0.05, 0.1) is 29.4 Å². The van der Waals surface area contributed by atoms with Crippen molar-refractivity contribution in [2.45, 2.75) is 12.5 Å². The Morgan fingerprint density at radius 3 is 2.81 bits per heavy atom. The van der Waals surface area contributed by atoms with Crippen molar-refractivity contribution in [3.05, 3.63) is 27.8 Å². The molecule has 1 aromatic rings. The molecular formula is C12H10N2O7. The molecule has 1 aromatic carbocycles. The standard InChI is InChI=1S/C12H10N2O7/c1-18-12(15)11-3-7(13-21-11)6-2-9-10(20-5-19-9)4-8(6)14(16)17/h2,4,11H,3,5H2,1H3. The van der Waals surface area contributed by atoms with E-state index < -0.39 is 17.0 Å². The Bertz CT molecular complexity index is 655. The molecule has 0 saturated heterocycles. The predicted molar refractivity (Wildman–Crippen MR) is 67.3 cm³/mol. The van der Waals surface area contributed by atoms with Gasteiger partial charge in [-0.15, -0.1) is 0 Å². The van der Waals surface area contributed by atoms with E-state index in [2.05, 4.69) is 9.89 Å². The fraction of sp³-hybridized carbons (Fsp3) is 0.333. The zero-order valence-corrected chi connectivity index (χ0v) is 10.9. The summed E-state index contributed by atoms with van der Waals surface area (Å²) in [4.78, 5) is 27.0. The quantitative estimate of drug-likeness (QED) is 0.464. The molecule has 21 heavy (non-hydrogen) atoms. The van der Waals surface area contributed by atoms with E-state index in [1.165, 1.54) is 19.2 Å². The van der Waals surface area contributed by atoms with Crippen LogP contribution >= 0.6 is 0 Å². The number of hydrogen-bond acceptors (Lipinski definition) is 8. The molecule has 0 N–H and O–H groups in total. The van der Waals surface area contributed by atoms with E-state index in [1.54, 1.807) is 0 Å². The molecule has 0 radical (unpaired) electrons. The van der Waals surface area contributed by atoms with E-state index in [1.807, 2.05) is 0 Å². The van der Waals surface area contributed by atoms with Crippen molar-refractivity contribution in [1.82, 2.24) is 0 Å². The van der Waals surface area contributed by atoms with Gasteiger partial charge in [0.2, 0.25) is 12.9 Å². The minimum absolute atomic E-state index is 0.00367. The molecule has 1 atom stereocenters. The number of carbonyl (C=O) groups is 1. The highest BCUT2D eigenvalue weighted by molar-refractivity contribution is 6.07. The summed E-state index contributed by atoms with van der Waals surface area (Å²) >= 11 is 0. The summed E-state index contributed by atoms with van der Waals surface area (Å²) in [5.41, 5.74) is 0.332. The zero-order chi connectivity index (χ0) is 15.0. The Kier molecular flexibility index (Phi) is 3.09. The molecule has 0 bridgehead atoms. The van der Waals surface area contributed by atoms with Crippen LogP contribution in [0.2, 0.25) is 0 Å². The van der Waals surface area contributed by atoms with Gasteiger partial charge in [-0.2, -0.15) is 0 Å². The van der Waals surface area contributed by atoms with Crippen LogP contribution in [-0.2, 0) is 14.4 Å². The highest BCUT2D eigenvalue weighted by Gasteiger charge is 2.34. The lowest BCUT2D eigenvalue weighted by Crippen LogP contribution is -2.22. The van der Waals surface area contributed by atoms with Gasteiger partial charge >= 0.3 is 5.97 Å². The first-order valence-corrected chi connectivity index (χ1v) is 5.99. The third-order valence-corrected chi connectivity index (χ3v) is 3.13. The van der Waals surface area contributed by atoms with Gasteiger partial charge in [-0.05, 0) is 0 Å². The molecule has 110 valence electrons. The van der Waals surface area contributed by atoms with Crippen LogP contribution in [0.5, 0.6) is 11.5 Å². The van der Waals surface area contributed by atoms with Gasteiger partial charge in [0.1, 0.15) is 0 Å². The van der Waals surface area contributed by atoms with Gasteiger partial charge in [-0.25, -0.2) is 4.79 Å². The fourth-order valence-electron chi connectivity index (χ4n) is 2.11. The molecule has 0 spiro atoms. The van der Waals surface area contributed by atoms with E-state index in [-0.39, 0.29) is 30.2 Å². The Morgan fingerprint density at radius 2 is 2.14 bits per heavy atom. The van der Waals surface area contributed by atoms with Crippen LogP contribution in [0.1, 0.15) is 12.0 Å². The molecule has 1 unspecified atom stereocenters. The van der Waals surface area contributed by atoms with Crippen LogP contribution in [0, 0.1) is 10.1 Å². The molecule has 0 fully saturated rings. The highest BCUT2D eigenvalue weighted by atomic mass is 16.7. The maximum absolute atomic E-state index is 11.4. The van der Waals surface area contributed by atoms with Crippen molar-refractivity contribution in [3.8, 4) is 11.5 Å². The molecule has 2 aliphatic heterocycles. The van der Waals surface area contributed by atoms with Gasteiger partial charge in [0, 0.05) is 12.5 Å². The number of hydrogen-bond donors (Lipinski definition) is 0. The second-order valence-corrected chi connectivity index (χ2v) is 4.34. The topological polar surface area (TPSA) is 109 Å². The number of nitro benzene ring substituents is 1. The summed E-state index contributed by atoms with van der Waals surface area (Å²) in [6.07, 6.45) is -0.803. The summed E-state index contributed by atoms with van der Waals surface area (Å²) in [5.74, 6) is 0.103. The van der Waals surface area contributed by atoms with Crippen LogP contribution in [0.25, 0.3) is 0 Å². The SMILES string of the molecule is COC(=O)C1CC(c2cc3c(cc2[N+](=O)[O-])OCO3)=NO1. The first-order chi connectivity index (χ1) is 10.1. The first-order valence-electron chi connectivity index (χ1n) is 5.99. The summed E-state index contributed by atoms with van der Waals surface area (Å²) in [5, 5.41) is 14.9. The smallest absolute Gasteiger partial charge is 0.350 e. The maximum atomic E-state index is 11.4. The van der Waals surface area contributed by atoms with Crippen LogP contribution in [0.4, 0.5) is 5.69 Å². The number of carbonyl (C=O) groups excluding carboxylic acids is 1. The lowest BCUT2D eigenvalue weighted by atomic mass is 10.0. The summed E-state index contributed by atoms with van der Waals surface area (Å²) in [6, 6.07) is 2.73. The number of oxime groups is 1. The van der Waals surface area contributed by atoms with Gasteiger partial charge in [0.25, 0.3) is 5.69 Å².